The maximum absolute atomic E-state index is 13.6. The molecule has 2 fully saturated rings. The van der Waals surface area contributed by atoms with Gasteiger partial charge in [-0.3, -0.25) is 14.9 Å². The van der Waals surface area contributed by atoms with E-state index in [-0.39, 0.29) is 18.0 Å². The zero-order valence-electron chi connectivity index (χ0n) is 18.8. The number of nitrogens with zero attached hydrogens (tertiary/aromatic N) is 1. The van der Waals surface area contributed by atoms with E-state index in [0.29, 0.717) is 48.0 Å². The van der Waals surface area contributed by atoms with Gasteiger partial charge in [0.05, 0.1) is 12.2 Å². The molecule has 1 aliphatic carbocycles. The van der Waals surface area contributed by atoms with Gasteiger partial charge in [-0.1, -0.05) is 24.4 Å². The molecular formula is C25H24ClF2N3O4. The number of halogens is 3. The van der Waals surface area contributed by atoms with Crippen molar-refractivity contribution in [3.05, 3.63) is 64.2 Å². The van der Waals surface area contributed by atoms with Crippen LogP contribution in [0.2, 0.25) is 5.02 Å². The van der Waals surface area contributed by atoms with Crippen LogP contribution in [0.25, 0.3) is 0 Å². The second kappa shape index (κ2) is 9.11. The molecule has 10 heteroatoms. The highest BCUT2D eigenvalue weighted by Crippen LogP contribution is 2.43. The van der Waals surface area contributed by atoms with Gasteiger partial charge in [-0.05, 0) is 61.6 Å². The lowest BCUT2D eigenvalue weighted by molar-refractivity contribution is -0.141. The average molecular weight is 504 g/mol. The van der Waals surface area contributed by atoms with Gasteiger partial charge in [-0.25, -0.2) is 13.6 Å². The minimum Gasteiger partial charge on any atom is -0.436 e. The molecule has 2 aromatic rings. The van der Waals surface area contributed by atoms with Crippen molar-refractivity contribution in [3.63, 3.8) is 0 Å². The predicted octanol–water partition coefficient (Wildman–Crippen LogP) is 4.60. The maximum atomic E-state index is 13.6. The van der Waals surface area contributed by atoms with E-state index in [1.165, 1.54) is 6.07 Å². The molecule has 184 valence electrons. The molecule has 0 radical (unpaired) electrons. The third-order valence-electron chi connectivity index (χ3n) is 6.82. The second-order valence-electron chi connectivity index (χ2n) is 9.40. The lowest BCUT2D eigenvalue weighted by atomic mass is 9.83. The predicted molar refractivity (Wildman–Crippen MR) is 124 cm³/mol. The Hall–Kier alpha value is -3.20. The van der Waals surface area contributed by atoms with Gasteiger partial charge in [0.15, 0.2) is 17.2 Å². The highest BCUT2D eigenvalue weighted by molar-refractivity contribution is 6.30. The van der Waals surface area contributed by atoms with Gasteiger partial charge in [0.2, 0.25) is 5.91 Å². The SMILES string of the molecule is O=C1Nc2ccc(Cl)cc2[C@@]2(CCCN(C(=O)[C@H](CC3CC3)NC(=O)c3ccc(F)c(F)c3)C2)O1. The Bertz CT molecular complexity index is 1210. The third kappa shape index (κ3) is 4.82. The summed E-state index contributed by atoms with van der Waals surface area (Å²) in [5.41, 5.74) is 0.168. The van der Waals surface area contributed by atoms with E-state index in [0.717, 1.165) is 25.0 Å². The molecule has 1 spiro atoms. The number of hydrogen-bond acceptors (Lipinski definition) is 4. The second-order valence-corrected chi connectivity index (χ2v) is 9.83. The monoisotopic (exact) mass is 503 g/mol. The molecule has 3 amide bonds. The van der Waals surface area contributed by atoms with Crippen molar-refractivity contribution < 1.29 is 27.9 Å². The fourth-order valence-electron chi connectivity index (χ4n) is 4.89. The summed E-state index contributed by atoms with van der Waals surface area (Å²) in [5, 5.41) is 5.87. The number of carbonyl (C=O) groups excluding carboxylic acids is 3. The number of fused-ring (bicyclic) bond motifs is 2. The molecule has 7 nitrogen and oxygen atoms in total. The van der Waals surface area contributed by atoms with E-state index in [9.17, 15) is 23.2 Å². The number of amides is 3. The van der Waals surface area contributed by atoms with Crippen LogP contribution in [0, 0.1) is 17.6 Å². The maximum Gasteiger partial charge on any atom is 0.412 e. The summed E-state index contributed by atoms with van der Waals surface area (Å²) < 4.78 is 32.7. The first-order chi connectivity index (χ1) is 16.7. The van der Waals surface area contributed by atoms with Gasteiger partial charge < -0.3 is 15.0 Å². The Morgan fingerprint density at radius 1 is 1.20 bits per heavy atom. The standard InChI is InChI=1S/C25H24ClF2N3O4/c26-16-5-7-20-17(12-16)25(35-24(34)30-20)8-1-9-31(13-25)23(33)21(10-14-2-3-14)29-22(32)15-4-6-18(27)19(28)11-15/h4-7,11-12,14,21H,1-3,8-10,13H2,(H,29,32)(H,30,34)/t21-,25-/m0/s1. The zero-order chi connectivity index (χ0) is 24.7. The van der Waals surface area contributed by atoms with Crippen LogP contribution in [-0.2, 0) is 15.1 Å². The van der Waals surface area contributed by atoms with Gasteiger partial charge in [-0.15, -0.1) is 0 Å². The third-order valence-corrected chi connectivity index (χ3v) is 7.05. The van der Waals surface area contributed by atoms with Gasteiger partial charge in [0.25, 0.3) is 5.91 Å². The Kier molecular flexibility index (Phi) is 6.13. The van der Waals surface area contributed by atoms with Crippen LogP contribution in [-0.4, -0.2) is 41.9 Å². The fraction of sp³-hybridized carbons (Fsp3) is 0.400. The molecule has 0 aromatic heterocycles. The molecule has 0 unspecified atom stereocenters. The summed E-state index contributed by atoms with van der Waals surface area (Å²) in [6.45, 7) is 0.554. The van der Waals surface area contributed by atoms with Crippen LogP contribution >= 0.6 is 11.6 Å². The van der Waals surface area contributed by atoms with Gasteiger partial charge in [0, 0.05) is 22.7 Å². The summed E-state index contributed by atoms with van der Waals surface area (Å²) in [6.07, 6.45) is 2.87. The van der Waals surface area contributed by atoms with Crippen molar-refractivity contribution in [2.24, 2.45) is 5.92 Å². The van der Waals surface area contributed by atoms with Crippen LogP contribution in [0.15, 0.2) is 36.4 Å². The van der Waals surface area contributed by atoms with Gasteiger partial charge in [-0.2, -0.15) is 0 Å². The molecule has 3 aliphatic rings. The summed E-state index contributed by atoms with van der Waals surface area (Å²) >= 11 is 6.22. The number of benzene rings is 2. The molecule has 1 saturated carbocycles. The van der Waals surface area contributed by atoms with E-state index in [4.69, 9.17) is 16.3 Å². The minimum absolute atomic E-state index is 0.0662. The van der Waals surface area contributed by atoms with E-state index in [1.54, 1.807) is 23.1 Å². The number of nitrogens with one attached hydrogen (secondary N) is 2. The Morgan fingerprint density at radius 2 is 2.00 bits per heavy atom. The summed E-state index contributed by atoms with van der Waals surface area (Å²) in [6, 6.07) is 7.14. The van der Waals surface area contributed by atoms with Crippen molar-refractivity contribution >= 4 is 35.2 Å². The largest absolute Gasteiger partial charge is 0.436 e. The van der Waals surface area contributed by atoms with Crippen molar-refractivity contribution in [1.29, 1.82) is 0 Å². The van der Waals surface area contributed by atoms with Crippen LogP contribution in [0.1, 0.15) is 48.0 Å². The first-order valence-electron chi connectivity index (χ1n) is 11.6. The number of rotatable bonds is 5. The van der Waals surface area contributed by atoms with Crippen LogP contribution in [0.5, 0.6) is 0 Å². The molecule has 2 N–H and O–H groups in total. The number of carbonyl (C=O) groups is 3. The average Bonchev–Trinajstić information content (AvgIpc) is 3.64. The van der Waals surface area contributed by atoms with Crippen LogP contribution in [0.4, 0.5) is 19.3 Å². The number of anilines is 1. The van der Waals surface area contributed by atoms with E-state index in [2.05, 4.69) is 10.6 Å². The van der Waals surface area contributed by atoms with Crippen LogP contribution < -0.4 is 10.6 Å². The molecule has 5 rings (SSSR count). The fourth-order valence-corrected chi connectivity index (χ4v) is 5.06. The van der Waals surface area contributed by atoms with Gasteiger partial charge in [0.1, 0.15) is 6.04 Å². The number of ether oxygens (including phenoxy) is 1. The van der Waals surface area contributed by atoms with Crippen molar-refractivity contribution in [2.45, 2.75) is 43.7 Å². The lowest BCUT2D eigenvalue weighted by Gasteiger charge is -2.45. The molecule has 35 heavy (non-hydrogen) atoms. The van der Waals surface area contributed by atoms with E-state index < -0.39 is 35.3 Å². The first kappa shape index (κ1) is 23.5. The summed E-state index contributed by atoms with van der Waals surface area (Å²) in [5.74, 6) is -2.83. The Morgan fingerprint density at radius 3 is 2.74 bits per heavy atom. The number of likely N-dealkylation sites (tertiary alicyclic amines) is 1. The first-order valence-corrected chi connectivity index (χ1v) is 12.0. The molecule has 2 aromatic carbocycles. The topological polar surface area (TPSA) is 87.7 Å². The smallest absolute Gasteiger partial charge is 0.412 e. The van der Waals surface area contributed by atoms with Crippen molar-refractivity contribution in [3.8, 4) is 0 Å². The van der Waals surface area contributed by atoms with Crippen molar-refractivity contribution in [1.82, 2.24) is 10.2 Å². The minimum atomic E-state index is -1.13. The lowest BCUT2D eigenvalue weighted by Crippen LogP contribution is -2.57. The Labute approximate surface area is 205 Å². The summed E-state index contributed by atoms with van der Waals surface area (Å²) in [4.78, 5) is 40.3. The quantitative estimate of drug-likeness (QED) is 0.624. The molecule has 2 aliphatic heterocycles. The normalized spacial score (nSPS) is 22.1. The van der Waals surface area contributed by atoms with E-state index >= 15 is 0 Å². The number of piperidine rings is 1. The molecule has 1 saturated heterocycles. The van der Waals surface area contributed by atoms with E-state index in [1.807, 2.05) is 0 Å². The van der Waals surface area contributed by atoms with Crippen molar-refractivity contribution in [2.75, 3.05) is 18.4 Å². The Balaban J connectivity index is 1.38. The summed E-state index contributed by atoms with van der Waals surface area (Å²) in [7, 11) is 0. The highest BCUT2D eigenvalue weighted by Gasteiger charge is 2.47. The molecular weight excluding hydrogens is 480 g/mol. The molecule has 2 heterocycles. The molecule has 2 atom stereocenters. The highest BCUT2D eigenvalue weighted by atomic mass is 35.5. The van der Waals surface area contributed by atoms with Crippen LogP contribution in [0.3, 0.4) is 0 Å². The molecule has 0 bridgehead atoms. The number of hydrogen-bond donors (Lipinski definition) is 2. The van der Waals surface area contributed by atoms with Gasteiger partial charge >= 0.3 is 6.09 Å². The zero-order valence-corrected chi connectivity index (χ0v) is 19.5.